The van der Waals surface area contributed by atoms with Gasteiger partial charge >= 0.3 is 0 Å². The second-order valence-electron chi connectivity index (χ2n) is 3.58. The molecule has 17 heavy (non-hydrogen) atoms. The molecule has 0 saturated heterocycles. The third-order valence-electron chi connectivity index (χ3n) is 2.29. The molecule has 2 rings (SSSR count). The lowest BCUT2D eigenvalue weighted by molar-refractivity contribution is 1.00. The Morgan fingerprint density at radius 1 is 1.29 bits per heavy atom. The fraction of sp³-hybridized carbons (Fsp3) is 0.333. The summed E-state index contributed by atoms with van der Waals surface area (Å²) in [6, 6.07) is 3.89. The van der Waals surface area contributed by atoms with E-state index in [-0.39, 0.29) is 0 Å². The molecule has 3 nitrogen and oxygen atoms in total. The normalized spacial score (nSPS) is 10.5. The van der Waals surface area contributed by atoms with Crippen molar-refractivity contribution in [2.45, 2.75) is 20.3 Å². The molecule has 0 aliphatic heterocycles. The number of hydrogen-bond acceptors (Lipinski definition) is 4. The molecule has 2 heterocycles. The number of rotatable bonds is 4. The van der Waals surface area contributed by atoms with Crippen LogP contribution in [0.3, 0.4) is 0 Å². The largest absolute Gasteiger partial charge is 0.370 e. The third kappa shape index (κ3) is 2.96. The van der Waals surface area contributed by atoms with E-state index in [9.17, 15) is 0 Å². The van der Waals surface area contributed by atoms with Crippen molar-refractivity contribution in [3.63, 3.8) is 0 Å². The van der Waals surface area contributed by atoms with Gasteiger partial charge in [0.25, 0.3) is 0 Å². The van der Waals surface area contributed by atoms with Crippen LogP contribution in [0.5, 0.6) is 0 Å². The van der Waals surface area contributed by atoms with Crippen LogP contribution in [0.2, 0.25) is 5.02 Å². The van der Waals surface area contributed by atoms with Crippen LogP contribution >= 0.6 is 22.9 Å². The number of aryl methyl sites for hydroxylation is 1. The van der Waals surface area contributed by atoms with Crippen LogP contribution in [-0.4, -0.2) is 16.5 Å². The minimum Gasteiger partial charge on any atom is -0.370 e. The maximum Gasteiger partial charge on any atom is 0.171 e. The van der Waals surface area contributed by atoms with E-state index in [2.05, 4.69) is 29.1 Å². The topological polar surface area (TPSA) is 37.8 Å². The van der Waals surface area contributed by atoms with Crippen LogP contribution in [-0.2, 0) is 6.42 Å². The quantitative estimate of drug-likeness (QED) is 0.914. The number of nitrogens with one attached hydrogen (secondary N) is 1. The fourth-order valence-corrected chi connectivity index (χ4v) is 2.50. The Balaban J connectivity index is 2.42. The Morgan fingerprint density at radius 2 is 2.12 bits per heavy atom. The predicted molar refractivity (Wildman–Crippen MR) is 73.9 cm³/mol. The number of thiophene rings is 1. The second kappa shape index (κ2) is 5.47. The minimum atomic E-state index is 0.737. The van der Waals surface area contributed by atoms with Crippen molar-refractivity contribution in [2.24, 2.45) is 0 Å². The molecule has 2 aromatic rings. The van der Waals surface area contributed by atoms with E-state index < -0.39 is 0 Å². The third-order valence-corrected chi connectivity index (χ3v) is 3.56. The highest BCUT2D eigenvalue weighted by molar-refractivity contribution is 7.14. The minimum absolute atomic E-state index is 0.737. The van der Waals surface area contributed by atoms with Crippen molar-refractivity contribution >= 4 is 28.8 Å². The summed E-state index contributed by atoms with van der Waals surface area (Å²) in [4.78, 5) is 10.0. The lowest BCUT2D eigenvalue weighted by Gasteiger charge is -2.06. The Hall–Kier alpha value is -1.13. The van der Waals surface area contributed by atoms with Crippen molar-refractivity contribution < 1.29 is 0 Å². The van der Waals surface area contributed by atoms with Crippen LogP contribution in [0.4, 0.5) is 5.82 Å². The van der Waals surface area contributed by atoms with Gasteiger partial charge in [-0.2, -0.15) is 0 Å². The molecule has 0 saturated carbocycles. The van der Waals surface area contributed by atoms with Crippen molar-refractivity contribution in [2.75, 3.05) is 11.9 Å². The Kier molecular flexibility index (Phi) is 3.97. The molecule has 0 radical (unpaired) electrons. The van der Waals surface area contributed by atoms with E-state index in [1.165, 1.54) is 0 Å². The van der Waals surface area contributed by atoms with Gasteiger partial charge < -0.3 is 5.32 Å². The van der Waals surface area contributed by atoms with Gasteiger partial charge in [0.1, 0.15) is 5.82 Å². The van der Waals surface area contributed by atoms with E-state index in [1.54, 1.807) is 11.3 Å². The molecule has 0 amide bonds. The fourth-order valence-electron chi connectivity index (χ4n) is 1.49. The summed E-state index contributed by atoms with van der Waals surface area (Å²) < 4.78 is 0. The Morgan fingerprint density at radius 3 is 2.71 bits per heavy atom. The molecule has 90 valence electrons. The number of halogens is 1. The zero-order valence-electron chi connectivity index (χ0n) is 9.83. The van der Waals surface area contributed by atoms with Crippen molar-refractivity contribution in [3.8, 4) is 10.7 Å². The molecule has 0 spiro atoms. The van der Waals surface area contributed by atoms with E-state index in [0.717, 1.165) is 40.2 Å². The molecule has 0 aliphatic carbocycles. The highest BCUT2D eigenvalue weighted by Crippen LogP contribution is 2.28. The van der Waals surface area contributed by atoms with Crippen LogP contribution in [0.15, 0.2) is 17.5 Å². The molecule has 0 fully saturated rings. The van der Waals surface area contributed by atoms with Crippen LogP contribution in [0.1, 0.15) is 19.5 Å². The highest BCUT2D eigenvalue weighted by Gasteiger charge is 2.08. The summed E-state index contributed by atoms with van der Waals surface area (Å²) in [6.45, 7) is 4.99. The van der Waals surface area contributed by atoms with Crippen molar-refractivity contribution in [1.82, 2.24) is 9.97 Å². The number of nitrogens with zero attached hydrogens (tertiary/aromatic N) is 2. The van der Waals surface area contributed by atoms with Crippen LogP contribution < -0.4 is 5.32 Å². The summed E-state index contributed by atoms with van der Waals surface area (Å²) >= 11 is 7.49. The van der Waals surface area contributed by atoms with Gasteiger partial charge in [-0.3, -0.25) is 0 Å². The number of aromatic nitrogens is 2. The van der Waals surface area contributed by atoms with Gasteiger partial charge in [0.15, 0.2) is 5.82 Å². The zero-order valence-corrected chi connectivity index (χ0v) is 11.4. The maximum atomic E-state index is 5.92. The average molecular weight is 268 g/mol. The van der Waals surface area contributed by atoms with Crippen LogP contribution in [0, 0.1) is 0 Å². The molecular weight excluding hydrogens is 254 g/mol. The Labute approximate surface area is 110 Å². The highest BCUT2D eigenvalue weighted by atomic mass is 35.5. The average Bonchev–Trinajstić information content (AvgIpc) is 2.76. The van der Waals surface area contributed by atoms with Gasteiger partial charge in [-0.15, -0.1) is 11.3 Å². The Bertz CT molecular complexity index is 510. The van der Waals surface area contributed by atoms with E-state index in [1.807, 2.05) is 17.5 Å². The van der Waals surface area contributed by atoms with Crippen LogP contribution in [0.25, 0.3) is 10.7 Å². The first-order valence-electron chi connectivity index (χ1n) is 5.59. The first kappa shape index (κ1) is 12.3. The number of anilines is 1. The van der Waals surface area contributed by atoms with Gasteiger partial charge in [0.2, 0.25) is 0 Å². The molecule has 0 aliphatic rings. The molecule has 0 unspecified atom stereocenters. The smallest absolute Gasteiger partial charge is 0.171 e. The maximum absolute atomic E-state index is 5.92. The SMILES string of the molecule is CCNc1cc(CC)nc(-c2cc(Cl)cs2)n1. The lowest BCUT2D eigenvalue weighted by Crippen LogP contribution is -2.03. The van der Waals surface area contributed by atoms with Gasteiger partial charge in [-0.25, -0.2) is 9.97 Å². The number of hydrogen-bond donors (Lipinski definition) is 1. The summed E-state index contributed by atoms with van der Waals surface area (Å²) in [7, 11) is 0. The van der Waals surface area contributed by atoms with Gasteiger partial charge in [0.05, 0.1) is 9.90 Å². The molecule has 2 aromatic heterocycles. The summed E-state index contributed by atoms with van der Waals surface area (Å²) in [5, 5.41) is 5.85. The van der Waals surface area contributed by atoms with E-state index in [0.29, 0.717) is 0 Å². The van der Waals surface area contributed by atoms with Gasteiger partial charge in [0, 0.05) is 23.7 Å². The van der Waals surface area contributed by atoms with Gasteiger partial charge in [-0.05, 0) is 19.4 Å². The van der Waals surface area contributed by atoms with E-state index in [4.69, 9.17) is 11.6 Å². The summed E-state index contributed by atoms with van der Waals surface area (Å²) in [5.74, 6) is 1.62. The first-order valence-corrected chi connectivity index (χ1v) is 6.85. The molecule has 1 N–H and O–H groups in total. The van der Waals surface area contributed by atoms with Gasteiger partial charge in [-0.1, -0.05) is 18.5 Å². The molecule has 0 bridgehead atoms. The first-order chi connectivity index (χ1) is 8.22. The van der Waals surface area contributed by atoms with E-state index >= 15 is 0 Å². The molecular formula is C12H14ClN3S. The summed E-state index contributed by atoms with van der Waals surface area (Å²) in [5.41, 5.74) is 1.04. The second-order valence-corrected chi connectivity index (χ2v) is 4.93. The molecule has 0 atom stereocenters. The standard InChI is InChI=1S/C12H14ClN3S/c1-3-9-6-11(14-4-2)16-12(15-9)10-5-8(13)7-17-10/h5-7H,3-4H2,1-2H3,(H,14,15,16). The van der Waals surface area contributed by atoms with Crippen molar-refractivity contribution in [1.29, 1.82) is 0 Å². The molecule has 0 aromatic carbocycles. The summed E-state index contributed by atoms with van der Waals surface area (Å²) in [6.07, 6.45) is 0.896. The lowest BCUT2D eigenvalue weighted by atomic mass is 10.3. The zero-order chi connectivity index (χ0) is 12.3. The molecule has 5 heteroatoms. The monoisotopic (exact) mass is 267 g/mol. The predicted octanol–water partition coefficient (Wildman–Crippen LogP) is 3.85. The van der Waals surface area contributed by atoms with Crippen molar-refractivity contribution in [3.05, 3.63) is 28.2 Å².